The summed E-state index contributed by atoms with van der Waals surface area (Å²) in [4.78, 5) is 11.5. The SMILES string of the molecule is CCC(c1nc(CCl)cs1)N1CCn2ccnc2C1. The van der Waals surface area contributed by atoms with Gasteiger partial charge in [0.15, 0.2) is 0 Å². The number of rotatable bonds is 4. The van der Waals surface area contributed by atoms with Gasteiger partial charge < -0.3 is 4.57 Å². The molecule has 1 atom stereocenters. The average Bonchev–Trinajstić information content (AvgIpc) is 3.07. The number of imidazole rings is 1. The first-order valence-corrected chi connectivity index (χ1v) is 7.97. The van der Waals surface area contributed by atoms with Gasteiger partial charge in [-0.25, -0.2) is 9.97 Å². The Bertz CT molecular complexity index is 550. The summed E-state index contributed by atoms with van der Waals surface area (Å²) >= 11 is 7.56. The second kappa shape index (κ2) is 5.61. The zero-order valence-electron chi connectivity index (χ0n) is 10.9. The van der Waals surface area contributed by atoms with Crippen molar-refractivity contribution >= 4 is 22.9 Å². The van der Waals surface area contributed by atoms with E-state index in [4.69, 9.17) is 11.6 Å². The van der Waals surface area contributed by atoms with Gasteiger partial charge in [0.25, 0.3) is 0 Å². The van der Waals surface area contributed by atoms with E-state index in [1.54, 1.807) is 11.3 Å². The van der Waals surface area contributed by atoms with Crippen LogP contribution in [0.25, 0.3) is 0 Å². The number of alkyl halides is 1. The molecule has 2 aromatic rings. The van der Waals surface area contributed by atoms with Crippen LogP contribution in [0.4, 0.5) is 0 Å². The van der Waals surface area contributed by atoms with E-state index >= 15 is 0 Å². The maximum Gasteiger partial charge on any atom is 0.122 e. The highest BCUT2D eigenvalue weighted by Crippen LogP contribution is 2.30. The smallest absolute Gasteiger partial charge is 0.122 e. The number of nitrogens with zero attached hydrogens (tertiary/aromatic N) is 4. The highest BCUT2D eigenvalue weighted by atomic mass is 35.5. The maximum atomic E-state index is 5.84. The monoisotopic (exact) mass is 296 g/mol. The molecular formula is C13H17ClN4S. The lowest BCUT2D eigenvalue weighted by Crippen LogP contribution is -2.36. The molecule has 4 nitrogen and oxygen atoms in total. The highest BCUT2D eigenvalue weighted by Gasteiger charge is 2.26. The third kappa shape index (κ3) is 2.55. The zero-order valence-corrected chi connectivity index (χ0v) is 12.5. The Morgan fingerprint density at radius 2 is 2.37 bits per heavy atom. The minimum Gasteiger partial charge on any atom is -0.333 e. The van der Waals surface area contributed by atoms with Gasteiger partial charge in [-0.15, -0.1) is 22.9 Å². The molecule has 0 N–H and O–H groups in total. The molecule has 0 aliphatic carbocycles. The van der Waals surface area contributed by atoms with Gasteiger partial charge in [-0.05, 0) is 6.42 Å². The van der Waals surface area contributed by atoms with E-state index in [9.17, 15) is 0 Å². The van der Waals surface area contributed by atoms with Crippen molar-refractivity contribution < 1.29 is 0 Å². The van der Waals surface area contributed by atoms with Crippen LogP contribution in [0.15, 0.2) is 17.8 Å². The second-order valence-electron chi connectivity index (χ2n) is 4.74. The van der Waals surface area contributed by atoms with E-state index in [1.807, 2.05) is 6.20 Å². The number of hydrogen-bond donors (Lipinski definition) is 0. The number of thiazole rings is 1. The lowest BCUT2D eigenvalue weighted by Gasteiger charge is -2.33. The van der Waals surface area contributed by atoms with Gasteiger partial charge in [0, 0.05) is 30.9 Å². The summed E-state index contributed by atoms with van der Waals surface area (Å²) in [6.07, 6.45) is 5.01. The third-order valence-electron chi connectivity index (χ3n) is 3.59. The van der Waals surface area contributed by atoms with Gasteiger partial charge in [-0.3, -0.25) is 4.90 Å². The van der Waals surface area contributed by atoms with Crippen molar-refractivity contribution in [3.63, 3.8) is 0 Å². The van der Waals surface area contributed by atoms with E-state index in [2.05, 4.69) is 37.9 Å². The van der Waals surface area contributed by atoms with Crippen molar-refractivity contribution in [2.45, 2.75) is 38.4 Å². The summed E-state index contributed by atoms with van der Waals surface area (Å²) in [5.74, 6) is 1.65. The van der Waals surface area contributed by atoms with Crippen molar-refractivity contribution in [1.29, 1.82) is 0 Å². The lowest BCUT2D eigenvalue weighted by molar-refractivity contribution is 0.148. The Labute approximate surface area is 122 Å². The van der Waals surface area contributed by atoms with Gasteiger partial charge in [-0.1, -0.05) is 6.92 Å². The normalized spacial score (nSPS) is 17.4. The average molecular weight is 297 g/mol. The van der Waals surface area contributed by atoms with Crippen molar-refractivity contribution in [3.05, 3.63) is 34.3 Å². The second-order valence-corrected chi connectivity index (χ2v) is 5.90. The Morgan fingerprint density at radius 3 is 3.11 bits per heavy atom. The van der Waals surface area contributed by atoms with E-state index in [0.717, 1.165) is 37.6 Å². The number of halogens is 1. The van der Waals surface area contributed by atoms with Gasteiger partial charge in [0.2, 0.25) is 0 Å². The zero-order chi connectivity index (χ0) is 13.2. The van der Waals surface area contributed by atoms with Crippen LogP contribution in [0.2, 0.25) is 0 Å². The maximum absolute atomic E-state index is 5.84. The fourth-order valence-corrected chi connectivity index (χ4v) is 3.85. The standard InChI is InChI=1S/C13H17ClN4S/c1-2-11(13-16-10(7-14)9-19-13)18-6-5-17-4-3-15-12(17)8-18/h3-4,9,11H,2,5-8H2,1H3. The number of hydrogen-bond acceptors (Lipinski definition) is 4. The Morgan fingerprint density at radius 1 is 1.47 bits per heavy atom. The quantitative estimate of drug-likeness (QED) is 0.813. The van der Waals surface area contributed by atoms with E-state index in [1.165, 1.54) is 5.01 Å². The topological polar surface area (TPSA) is 34.0 Å². The van der Waals surface area contributed by atoms with Crippen LogP contribution >= 0.6 is 22.9 Å². The predicted molar refractivity (Wildman–Crippen MR) is 77.3 cm³/mol. The minimum atomic E-state index is 0.382. The number of fused-ring (bicyclic) bond motifs is 1. The summed E-state index contributed by atoms with van der Waals surface area (Å²) < 4.78 is 2.23. The van der Waals surface area contributed by atoms with E-state index < -0.39 is 0 Å². The summed E-state index contributed by atoms with van der Waals surface area (Å²) in [6.45, 7) is 5.19. The molecule has 3 heterocycles. The first kappa shape index (κ1) is 13.1. The summed E-state index contributed by atoms with van der Waals surface area (Å²) in [5.41, 5.74) is 0.985. The molecule has 102 valence electrons. The van der Waals surface area contributed by atoms with Crippen molar-refractivity contribution in [1.82, 2.24) is 19.4 Å². The molecule has 0 spiro atoms. The van der Waals surface area contributed by atoms with Gasteiger partial charge in [-0.2, -0.15) is 0 Å². The van der Waals surface area contributed by atoms with E-state index in [0.29, 0.717) is 11.9 Å². The Balaban J connectivity index is 1.80. The Hall–Kier alpha value is -0.910. The van der Waals surface area contributed by atoms with Gasteiger partial charge in [0.05, 0.1) is 24.2 Å². The fraction of sp³-hybridized carbons (Fsp3) is 0.538. The van der Waals surface area contributed by atoms with Crippen LogP contribution in [0, 0.1) is 0 Å². The first-order chi connectivity index (χ1) is 9.31. The lowest BCUT2D eigenvalue weighted by atomic mass is 10.1. The van der Waals surface area contributed by atoms with Crippen molar-refractivity contribution in [3.8, 4) is 0 Å². The molecular weight excluding hydrogens is 280 g/mol. The molecule has 0 saturated carbocycles. The third-order valence-corrected chi connectivity index (χ3v) is 4.86. The molecule has 0 amide bonds. The molecule has 0 aromatic carbocycles. The minimum absolute atomic E-state index is 0.382. The summed E-state index contributed by atoms with van der Waals surface area (Å²) in [6, 6.07) is 0.382. The van der Waals surface area contributed by atoms with Crippen molar-refractivity contribution in [2.75, 3.05) is 6.54 Å². The van der Waals surface area contributed by atoms with Crippen LogP contribution in [-0.4, -0.2) is 26.0 Å². The van der Waals surface area contributed by atoms with E-state index in [-0.39, 0.29) is 0 Å². The molecule has 6 heteroatoms. The van der Waals surface area contributed by atoms with Crippen LogP contribution in [0.5, 0.6) is 0 Å². The number of aromatic nitrogens is 3. The highest BCUT2D eigenvalue weighted by molar-refractivity contribution is 7.09. The van der Waals surface area contributed by atoms with Crippen LogP contribution in [0.1, 0.15) is 35.9 Å². The van der Waals surface area contributed by atoms with Gasteiger partial charge in [0.1, 0.15) is 10.8 Å². The van der Waals surface area contributed by atoms with Gasteiger partial charge >= 0.3 is 0 Å². The first-order valence-electron chi connectivity index (χ1n) is 6.56. The fourth-order valence-electron chi connectivity index (χ4n) is 2.58. The molecule has 0 saturated heterocycles. The Kier molecular flexibility index (Phi) is 3.86. The largest absolute Gasteiger partial charge is 0.333 e. The molecule has 0 fully saturated rings. The molecule has 1 unspecified atom stereocenters. The molecule has 1 aliphatic rings. The summed E-state index contributed by atoms with van der Waals surface area (Å²) in [7, 11) is 0. The van der Waals surface area contributed by atoms with Crippen LogP contribution < -0.4 is 0 Å². The summed E-state index contributed by atoms with van der Waals surface area (Å²) in [5, 5.41) is 3.24. The molecule has 0 bridgehead atoms. The predicted octanol–water partition coefficient (Wildman–Crippen LogP) is 3.05. The molecule has 2 aromatic heterocycles. The molecule has 0 radical (unpaired) electrons. The van der Waals surface area contributed by atoms with Crippen LogP contribution in [0.3, 0.4) is 0 Å². The molecule has 1 aliphatic heterocycles. The molecule has 3 rings (SSSR count). The molecule has 19 heavy (non-hydrogen) atoms. The van der Waals surface area contributed by atoms with Crippen molar-refractivity contribution in [2.24, 2.45) is 0 Å². The van der Waals surface area contributed by atoms with Crippen LogP contribution in [-0.2, 0) is 19.0 Å².